The van der Waals surface area contributed by atoms with E-state index in [1.54, 1.807) is 60.7 Å². The molecule has 0 aliphatic carbocycles. The molecule has 0 amide bonds. The number of nitrogens with two attached hydrogens (primary N) is 2. The van der Waals surface area contributed by atoms with Gasteiger partial charge in [0.2, 0.25) is 6.29 Å². The lowest BCUT2D eigenvalue weighted by Crippen LogP contribution is -2.13. The third-order valence-electron chi connectivity index (χ3n) is 11.0. The molecule has 0 fully saturated rings. The van der Waals surface area contributed by atoms with Crippen LogP contribution < -0.4 is 35.2 Å². The van der Waals surface area contributed by atoms with Crippen LogP contribution in [0.5, 0.6) is 28.7 Å². The van der Waals surface area contributed by atoms with Crippen LogP contribution in [0.4, 0.5) is 37.7 Å². The molecular formula is C57H60F6N2O13. The molecule has 0 radical (unpaired) electrons. The summed E-state index contributed by atoms with van der Waals surface area (Å²) in [5, 5.41) is 10.4. The number of halogens is 6. The van der Waals surface area contributed by atoms with Crippen molar-refractivity contribution in [3.05, 3.63) is 149 Å². The summed E-state index contributed by atoms with van der Waals surface area (Å²) in [7, 11) is 0. The first-order valence-electron chi connectivity index (χ1n) is 24.8. The van der Waals surface area contributed by atoms with Crippen molar-refractivity contribution in [2.75, 3.05) is 51.1 Å². The molecule has 5 aromatic carbocycles. The number of rotatable bonds is 31. The number of aliphatic hydroxyl groups excluding tert-OH is 1. The molecule has 1 unspecified atom stereocenters. The number of carbonyl (C=O) groups is 4. The molecule has 5 aromatic rings. The van der Waals surface area contributed by atoms with Crippen LogP contribution in [-0.4, -0.2) is 81.0 Å². The lowest BCUT2D eigenvalue weighted by Gasteiger charge is -2.15. The first-order valence-corrected chi connectivity index (χ1v) is 24.8. The van der Waals surface area contributed by atoms with Gasteiger partial charge in [0.05, 0.1) is 75.0 Å². The molecule has 0 aliphatic heterocycles. The van der Waals surface area contributed by atoms with Gasteiger partial charge < -0.3 is 54.5 Å². The summed E-state index contributed by atoms with van der Waals surface area (Å²) in [4.78, 5) is 49.6. The smallest absolute Gasteiger partial charge is 0.392 e. The van der Waals surface area contributed by atoms with Gasteiger partial charge in [0.25, 0.3) is 0 Å². The number of nitrogen functional groups attached to an aromatic ring is 2. The van der Waals surface area contributed by atoms with Crippen LogP contribution in [0.2, 0.25) is 0 Å². The van der Waals surface area contributed by atoms with Crippen LogP contribution in [-0.2, 0) is 23.8 Å². The largest absolute Gasteiger partial charge is 0.493 e. The van der Waals surface area contributed by atoms with Gasteiger partial charge in [0.1, 0.15) is 23.0 Å². The molecule has 21 heteroatoms. The number of esters is 4. The van der Waals surface area contributed by atoms with E-state index in [1.807, 2.05) is 0 Å². The lowest BCUT2D eigenvalue weighted by molar-refractivity contribution is -0.140. The Kier molecular flexibility index (Phi) is 24.2. The number of anilines is 2. The second kappa shape index (κ2) is 31.1. The van der Waals surface area contributed by atoms with Crippen LogP contribution >= 0.6 is 0 Å². The van der Waals surface area contributed by atoms with E-state index in [0.29, 0.717) is 54.7 Å². The summed E-state index contributed by atoms with van der Waals surface area (Å²) in [6, 6.07) is 27.2. The van der Waals surface area contributed by atoms with Crippen LogP contribution in [0.3, 0.4) is 0 Å². The monoisotopic (exact) mass is 1090 g/mol. The summed E-state index contributed by atoms with van der Waals surface area (Å²) >= 11 is 0. The molecule has 0 aliphatic rings. The zero-order chi connectivity index (χ0) is 56.3. The minimum Gasteiger partial charge on any atom is -0.493 e. The number of alkyl halides is 6. The fourth-order valence-electron chi connectivity index (χ4n) is 6.92. The normalized spacial score (nSPS) is 12.0. The summed E-state index contributed by atoms with van der Waals surface area (Å²) < 4.78 is 117. The predicted molar refractivity (Wildman–Crippen MR) is 277 cm³/mol. The van der Waals surface area contributed by atoms with Crippen molar-refractivity contribution >= 4 is 47.4 Å². The maximum atomic E-state index is 12.7. The van der Waals surface area contributed by atoms with Crippen molar-refractivity contribution in [1.29, 1.82) is 0 Å². The quantitative estimate of drug-likeness (QED) is 0.00550. The zero-order valence-corrected chi connectivity index (χ0v) is 42.4. The standard InChI is InChI=1S/C57H60F6N2O13/c58-56(59,60)29-35-71-44-23-15-41(16-24-44)54(69)77-46-19-9-39(10-20-46)13-27-50(66)73-31-5-1-3-7-33-75-52-48(64)37-43(38-49(52)65)53(68)76-34-8-4-2-6-32-74-51(67)28-14-40-11-21-47(22-12-40)78-55(70)42-17-25-45(26-18-42)72-36-30-57(61,62)63/h9-28,37-38,55,70H,1-8,29-36,64-65H2/b27-13+,28-14+. The predicted octanol–water partition coefficient (Wildman–Crippen LogP) is 12.0. The van der Waals surface area contributed by atoms with Crippen molar-refractivity contribution in [1.82, 2.24) is 0 Å². The molecule has 0 heterocycles. The molecule has 0 saturated heterocycles. The fraction of sp³-hybridized carbons (Fsp3) is 0.333. The number of aliphatic hydroxyl groups is 1. The minimum absolute atomic E-state index is 0.164. The molecular weight excluding hydrogens is 1030 g/mol. The Bertz CT molecular complexity index is 2710. The summed E-state index contributed by atoms with van der Waals surface area (Å²) in [5.74, 6) is -1.04. The van der Waals surface area contributed by atoms with Gasteiger partial charge in [-0.2, -0.15) is 26.3 Å². The van der Waals surface area contributed by atoms with Gasteiger partial charge in [0, 0.05) is 17.7 Å². The van der Waals surface area contributed by atoms with E-state index in [0.717, 1.165) is 25.7 Å². The Labute approximate surface area is 446 Å². The number of carbonyl (C=O) groups excluding carboxylic acids is 4. The second-order valence-corrected chi connectivity index (χ2v) is 17.3. The van der Waals surface area contributed by atoms with Gasteiger partial charge in [-0.05, 0) is 160 Å². The van der Waals surface area contributed by atoms with Crippen LogP contribution in [0.1, 0.15) is 108 Å². The summed E-state index contributed by atoms with van der Waals surface area (Å²) in [6.45, 7) is -0.155. The highest BCUT2D eigenvalue weighted by Gasteiger charge is 2.28. The van der Waals surface area contributed by atoms with Crippen LogP contribution in [0.15, 0.2) is 121 Å². The number of unbranched alkanes of at least 4 members (excludes halogenated alkanes) is 6. The van der Waals surface area contributed by atoms with Gasteiger partial charge in [-0.1, -0.05) is 24.3 Å². The van der Waals surface area contributed by atoms with E-state index in [-0.39, 0.29) is 65.3 Å². The van der Waals surface area contributed by atoms with Gasteiger partial charge in [0.15, 0.2) is 5.75 Å². The van der Waals surface area contributed by atoms with E-state index in [1.165, 1.54) is 72.8 Å². The highest BCUT2D eigenvalue weighted by atomic mass is 19.4. The molecule has 0 aromatic heterocycles. The lowest BCUT2D eigenvalue weighted by atomic mass is 10.1. The Morgan fingerprint density at radius 2 is 0.897 bits per heavy atom. The molecule has 78 heavy (non-hydrogen) atoms. The Balaban J connectivity index is 0.857. The molecule has 15 nitrogen and oxygen atoms in total. The van der Waals surface area contributed by atoms with E-state index in [4.69, 9.17) is 49.4 Å². The molecule has 0 bridgehead atoms. The Hall–Kier alpha value is -8.20. The van der Waals surface area contributed by atoms with E-state index >= 15 is 0 Å². The van der Waals surface area contributed by atoms with Gasteiger partial charge in [-0.3, -0.25) is 0 Å². The average molecular weight is 1100 g/mol. The first-order chi connectivity index (χ1) is 37.3. The number of hydrogen-bond acceptors (Lipinski definition) is 15. The van der Waals surface area contributed by atoms with E-state index in [9.17, 15) is 50.6 Å². The molecule has 0 spiro atoms. The van der Waals surface area contributed by atoms with Gasteiger partial charge >= 0.3 is 36.2 Å². The third-order valence-corrected chi connectivity index (χ3v) is 11.0. The third kappa shape index (κ3) is 23.4. The highest BCUT2D eigenvalue weighted by Crippen LogP contribution is 2.32. The number of hydrogen-bond donors (Lipinski definition) is 3. The van der Waals surface area contributed by atoms with Crippen molar-refractivity contribution in [2.24, 2.45) is 0 Å². The van der Waals surface area contributed by atoms with Crippen molar-refractivity contribution in [3.63, 3.8) is 0 Å². The summed E-state index contributed by atoms with van der Waals surface area (Å²) in [6.07, 6.45) is -1.000. The molecule has 0 saturated carbocycles. The summed E-state index contributed by atoms with van der Waals surface area (Å²) in [5.41, 5.74) is 14.8. The van der Waals surface area contributed by atoms with E-state index in [2.05, 4.69) is 0 Å². The maximum Gasteiger partial charge on any atom is 0.392 e. The SMILES string of the molecule is Nc1cc(C(=O)OCCCCCCOC(=O)/C=C/c2ccc(OC(O)c3ccc(OCCC(F)(F)F)cc3)cc2)cc(N)c1OCCCCCCOC(=O)/C=C/c1ccc(OC(=O)c2ccc(OCCC(F)(F)F)cc2)cc1. The van der Waals surface area contributed by atoms with Crippen molar-refractivity contribution < 1.29 is 88.5 Å². The maximum absolute atomic E-state index is 12.7. The van der Waals surface area contributed by atoms with Crippen LogP contribution in [0.25, 0.3) is 12.2 Å². The average Bonchev–Trinajstić information content (AvgIpc) is 3.40. The molecule has 5 rings (SSSR count). The van der Waals surface area contributed by atoms with E-state index < -0.39 is 68.6 Å². The first kappa shape index (κ1) is 60.7. The zero-order valence-electron chi connectivity index (χ0n) is 42.4. The molecule has 1 atom stereocenters. The molecule has 5 N–H and O–H groups in total. The minimum atomic E-state index is -4.33. The number of ether oxygens (including phenoxy) is 8. The van der Waals surface area contributed by atoms with Crippen molar-refractivity contribution in [3.8, 4) is 28.7 Å². The topological polar surface area (TPSA) is 214 Å². The second-order valence-electron chi connectivity index (χ2n) is 17.3. The van der Waals surface area contributed by atoms with Crippen LogP contribution in [0, 0.1) is 0 Å². The Morgan fingerprint density at radius 1 is 0.474 bits per heavy atom. The van der Waals surface area contributed by atoms with Crippen molar-refractivity contribution in [2.45, 2.75) is 82.9 Å². The Morgan fingerprint density at radius 3 is 1.37 bits per heavy atom. The fourth-order valence-corrected chi connectivity index (χ4v) is 6.92. The molecule has 418 valence electrons. The highest BCUT2D eigenvalue weighted by molar-refractivity contribution is 5.93. The van der Waals surface area contributed by atoms with Gasteiger partial charge in [-0.15, -0.1) is 0 Å². The van der Waals surface area contributed by atoms with Gasteiger partial charge in [-0.25, -0.2) is 19.2 Å². The number of benzene rings is 5.